The van der Waals surface area contributed by atoms with Crippen molar-refractivity contribution >= 4 is 22.9 Å². The highest BCUT2D eigenvalue weighted by atomic mass is 16.1. The molecule has 1 amide bonds. The van der Waals surface area contributed by atoms with Gasteiger partial charge in [-0.25, -0.2) is 4.98 Å². The van der Waals surface area contributed by atoms with Crippen LogP contribution in [0.25, 0.3) is 11.0 Å². The van der Waals surface area contributed by atoms with E-state index in [-0.39, 0.29) is 5.91 Å². The first-order chi connectivity index (χ1) is 9.15. The average molecular weight is 257 g/mol. The van der Waals surface area contributed by atoms with E-state index in [0.29, 0.717) is 31.0 Å². The van der Waals surface area contributed by atoms with Gasteiger partial charge in [0.1, 0.15) is 0 Å². The van der Waals surface area contributed by atoms with Crippen molar-refractivity contribution in [3.05, 3.63) is 23.8 Å². The maximum atomic E-state index is 11.5. The predicted molar refractivity (Wildman–Crippen MR) is 72.2 cm³/mol. The van der Waals surface area contributed by atoms with Crippen LogP contribution >= 0.6 is 0 Å². The van der Waals surface area contributed by atoms with E-state index in [2.05, 4.69) is 16.4 Å². The molecule has 0 atom stereocenters. The second-order valence-electron chi connectivity index (χ2n) is 4.14. The number of carbonyl (C=O) groups is 1. The van der Waals surface area contributed by atoms with E-state index in [4.69, 9.17) is 11.0 Å². The molecule has 0 radical (unpaired) electrons. The highest BCUT2D eigenvalue weighted by Gasteiger charge is 2.10. The van der Waals surface area contributed by atoms with Crippen molar-refractivity contribution in [2.24, 2.45) is 0 Å². The van der Waals surface area contributed by atoms with Crippen LogP contribution in [0.2, 0.25) is 0 Å². The number of anilines is 1. The molecule has 0 spiro atoms. The van der Waals surface area contributed by atoms with Crippen LogP contribution in [0.5, 0.6) is 0 Å². The minimum atomic E-state index is -0.0276. The van der Waals surface area contributed by atoms with Crippen molar-refractivity contribution in [3.8, 4) is 6.07 Å². The molecule has 0 bridgehead atoms. The van der Waals surface area contributed by atoms with Gasteiger partial charge in [0.15, 0.2) is 0 Å². The molecule has 19 heavy (non-hydrogen) atoms. The topological polar surface area (TPSA) is 96.7 Å². The number of imidazole rings is 1. The molecule has 0 aliphatic carbocycles. The molecule has 2 aromatic rings. The van der Waals surface area contributed by atoms with E-state index in [1.54, 1.807) is 22.8 Å². The molecule has 2 rings (SSSR count). The molecule has 6 nitrogen and oxygen atoms in total. The van der Waals surface area contributed by atoms with E-state index in [1.165, 1.54) is 0 Å². The number of rotatable bonds is 4. The van der Waals surface area contributed by atoms with Crippen molar-refractivity contribution in [1.29, 1.82) is 5.26 Å². The summed E-state index contributed by atoms with van der Waals surface area (Å²) in [6.45, 7) is 2.93. The van der Waals surface area contributed by atoms with Crippen molar-refractivity contribution in [1.82, 2.24) is 14.9 Å². The first-order valence-electron chi connectivity index (χ1n) is 6.08. The Morgan fingerprint density at radius 2 is 2.37 bits per heavy atom. The molecule has 0 saturated heterocycles. The van der Waals surface area contributed by atoms with Crippen molar-refractivity contribution in [3.63, 3.8) is 0 Å². The van der Waals surface area contributed by atoms with Crippen LogP contribution < -0.4 is 11.1 Å². The molecule has 3 N–H and O–H groups in total. The normalized spacial score (nSPS) is 10.3. The minimum Gasteiger partial charge on any atom is -0.369 e. The number of nitriles is 1. The second kappa shape index (κ2) is 5.40. The maximum absolute atomic E-state index is 11.5. The van der Waals surface area contributed by atoms with Gasteiger partial charge >= 0.3 is 0 Å². The number of nitrogens with zero attached hydrogens (tertiary/aromatic N) is 3. The summed E-state index contributed by atoms with van der Waals surface area (Å²) in [5.74, 6) is 0.328. The van der Waals surface area contributed by atoms with Gasteiger partial charge in [-0.3, -0.25) is 4.79 Å². The SMILES string of the molecule is CCNC(=O)CCn1c(N)nc2ccc(C#N)cc21. The number of benzene rings is 1. The van der Waals surface area contributed by atoms with Crippen LogP contribution in [0.1, 0.15) is 18.9 Å². The molecule has 0 aliphatic rings. The van der Waals surface area contributed by atoms with Gasteiger partial charge in [0.05, 0.1) is 22.7 Å². The Morgan fingerprint density at radius 1 is 1.58 bits per heavy atom. The summed E-state index contributed by atoms with van der Waals surface area (Å²) < 4.78 is 1.76. The van der Waals surface area contributed by atoms with Crippen LogP contribution in [-0.2, 0) is 11.3 Å². The van der Waals surface area contributed by atoms with Crippen molar-refractivity contribution in [2.45, 2.75) is 19.9 Å². The lowest BCUT2D eigenvalue weighted by Crippen LogP contribution is -2.24. The van der Waals surface area contributed by atoms with Gasteiger partial charge in [0.2, 0.25) is 11.9 Å². The van der Waals surface area contributed by atoms with Crippen LogP contribution in [-0.4, -0.2) is 22.0 Å². The molecule has 0 fully saturated rings. The average Bonchev–Trinajstić information content (AvgIpc) is 2.71. The number of fused-ring (bicyclic) bond motifs is 1. The van der Waals surface area contributed by atoms with Crippen LogP contribution in [0.4, 0.5) is 5.95 Å². The lowest BCUT2D eigenvalue weighted by atomic mass is 10.2. The van der Waals surface area contributed by atoms with Gasteiger partial charge in [-0.2, -0.15) is 5.26 Å². The second-order valence-corrected chi connectivity index (χ2v) is 4.14. The predicted octanol–water partition coefficient (Wildman–Crippen LogP) is 1.02. The Bertz CT molecular complexity index is 653. The third-order valence-corrected chi connectivity index (χ3v) is 2.84. The van der Waals surface area contributed by atoms with Crippen LogP contribution in [0, 0.1) is 11.3 Å². The van der Waals surface area contributed by atoms with Gasteiger partial charge in [-0.15, -0.1) is 0 Å². The molecule has 1 aromatic heterocycles. The summed E-state index contributed by atoms with van der Waals surface area (Å²) >= 11 is 0. The molecule has 6 heteroatoms. The minimum absolute atomic E-state index is 0.0276. The smallest absolute Gasteiger partial charge is 0.221 e. The third-order valence-electron chi connectivity index (χ3n) is 2.84. The van der Waals surface area contributed by atoms with Crippen molar-refractivity contribution in [2.75, 3.05) is 12.3 Å². The first kappa shape index (κ1) is 12.9. The Morgan fingerprint density at radius 3 is 3.05 bits per heavy atom. The van der Waals surface area contributed by atoms with Crippen LogP contribution in [0.15, 0.2) is 18.2 Å². The fourth-order valence-electron chi connectivity index (χ4n) is 1.94. The van der Waals surface area contributed by atoms with E-state index in [1.807, 2.05) is 6.92 Å². The highest BCUT2D eigenvalue weighted by molar-refractivity contribution is 5.80. The summed E-state index contributed by atoms with van der Waals surface area (Å²) in [7, 11) is 0. The van der Waals surface area contributed by atoms with Crippen LogP contribution in [0.3, 0.4) is 0 Å². The number of hydrogen-bond donors (Lipinski definition) is 2. The number of hydrogen-bond acceptors (Lipinski definition) is 4. The van der Waals surface area contributed by atoms with E-state index in [0.717, 1.165) is 11.0 Å². The zero-order valence-electron chi connectivity index (χ0n) is 10.7. The Kier molecular flexibility index (Phi) is 3.66. The first-order valence-corrected chi connectivity index (χ1v) is 6.08. The number of nitrogen functional groups attached to an aromatic ring is 1. The molecule has 0 saturated carbocycles. The summed E-state index contributed by atoms with van der Waals surface area (Å²) in [6, 6.07) is 7.27. The molecule has 1 aromatic carbocycles. The molecule has 0 aliphatic heterocycles. The van der Waals surface area contributed by atoms with E-state index in [9.17, 15) is 4.79 Å². The number of aryl methyl sites for hydroxylation is 1. The third kappa shape index (κ3) is 2.65. The van der Waals surface area contributed by atoms with E-state index >= 15 is 0 Å². The fourth-order valence-corrected chi connectivity index (χ4v) is 1.94. The molecular formula is C13H15N5O. The molecule has 0 unspecified atom stereocenters. The monoisotopic (exact) mass is 257 g/mol. The molecule has 1 heterocycles. The zero-order chi connectivity index (χ0) is 13.8. The lowest BCUT2D eigenvalue weighted by molar-refractivity contribution is -0.121. The molecular weight excluding hydrogens is 242 g/mol. The van der Waals surface area contributed by atoms with Gasteiger partial charge in [0.25, 0.3) is 0 Å². The summed E-state index contributed by atoms with van der Waals surface area (Å²) in [6.07, 6.45) is 0.334. The Balaban J connectivity index is 2.29. The lowest BCUT2D eigenvalue weighted by Gasteiger charge is -2.06. The Hall–Kier alpha value is -2.55. The number of amides is 1. The largest absolute Gasteiger partial charge is 0.369 e. The quantitative estimate of drug-likeness (QED) is 0.854. The van der Waals surface area contributed by atoms with Gasteiger partial charge in [0, 0.05) is 19.5 Å². The standard InChI is InChI=1S/C13H15N5O/c1-2-16-12(19)5-6-18-11-7-9(8-14)3-4-10(11)17-13(18)15/h3-4,7H,2,5-6H2,1H3,(H2,15,17)(H,16,19). The summed E-state index contributed by atoms with van der Waals surface area (Å²) in [4.78, 5) is 15.7. The summed E-state index contributed by atoms with van der Waals surface area (Å²) in [5, 5.41) is 11.6. The van der Waals surface area contributed by atoms with Crippen molar-refractivity contribution < 1.29 is 4.79 Å². The fraction of sp³-hybridized carbons (Fsp3) is 0.308. The maximum Gasteiger partial charge on any atom is 0.221 e. The van der Waals surface area contributed by atoms with Gasteiger partial charge in [-0.1, -0.05) is 0 Å². The number of nitrogens with two attached hydrogens (primary N) is 1. The number of aromatic nitrogens is 2. The Labute approximate surface area is 110 Å². The van der Waals surface area contributed by atoms with Gasteiger partial charge < -0.3 is 15.6 Å². The van der Waals surface area contributed by atoms with E-state index < -0.39 is 0 Å². The zero-order valence-corrected chi connectivity index (χ0v) is 10.7. The van der Waals surface area contributed by atoms with Gasteiger partial charge in [-0.05, 0) is 25.1 Å². The number of nitrogens with one attached hydrogen (secondary N) is 1. The highest BCUT2D eigenvalue weighted by Crippen LogP contribution is 2.19. The number of carbonyl (C=O) groups excluding carboxylic acids is 1. The molecule has 98 valence electrons. The summed E-state index contributed by atoms with van der Waals surface area (Å²) in [5.41, 5.74) is 7.90.